The van der Waals surface area contributed by atoms with E-state index < -0.39 is 224 Å². The van der Waals surface area contributed by atoms with Crippen LogP contribution in [0.5, 0.6) is 0 Å². The van der Waals surface area contributed by atoms with Crippen molar-refractivity contribution in [1.29, 1.82) is 5.41 Å². The molecule has 4 aliphatic heterocycles. The molecular weight excluding hydrogens is 1670 g/mol. The molecule has 44 nitrogen and oxygen atoms in total. The lowest BCUT2D eigenvalue weighted by molar-refractivity contribution is -0.159. The number of oxazole rings is 1. The zero-order valence-corrected chi connectivity index (χ0v) is 70.0. The number of anilines is 2. The largest absolute Gasteiger partial charge is 0.508 e. The minimum atomic E-state index is -2.22. The molecule has 1 unspecified atom stereocenters. The molecule has 3 aromatic heterocycles. The Labute approximate surface area is 715 Å². The number of hydrogen-bond donors (Lipinski definition) is 17. The summed E-state index contributed by atoms with van der Waals surface area (Å²) in [4.78, 5) is 216. The van der Waals surface area contributed by atoms with Crippen molar-refractivity contribution in [3.05, 3.63) is 111 Å². The molecular formula is C78H100N16O28S2. The number of aromatic nitrogens is 5. The second-order valence-electron chi connectivity index (χ2n) is 29.9. The lowest BCUT2D eigenvalue weighted by Gasteiger charge is -2.33. The van der Waals surface area contributed by atoms with Crippen LogP contribution in [0.15, 0.2) is 87.5 Å². The van der Waals surface area contributed by atoms with Crippen LogP contribution in [-0.2, 0) is 97.2 Å². The van der Waals surface area contributed by atoms with Crippen molar-refractivity contribution >= 4 is 140 Å². The molecule has 8 rings (SSSR count). The number of benzene rings is 1. The van der Waals surface area contributed by atoms with Crippen molar-refractivity contribution in [2.45, 2.75) is 203 Å². The number of nitrogen functional groups attached to an aromatic ring is 1. The fourth-order valence-electron chi connectivity index (χ4n) is 13.5. The summed E-state index contributed by atoms with van der Waals surface area (Å²) in [6, 6.07) is -6.24. The van der Waals surface area contributed by atoms with Gasteiger partial charge >= 0.3 is 47.9 Å². The van der Waals surface area contributed by atoms with Crippen molar-refractivity contribution in [2.75, 3.05) is 42.8 Å². The number of aryl methyl sites for hydroxylation is 1. The topological polar surface area (TPSA) is 681 Å². The van der Waals surface area contributed by atoms with Crippen LogP contribution in [0.2, 0.25) is 0 Å². The van der Waals surface area contributed by atoms with E-state index in [2.05, 4.69) is 62.1 Å². The van der Waals surface area contributed by atoms with Crippen molar-refractivity contribution < 1.29 is 130 Å². The Bertz CT molecular complexity index is 4790. The number of allylic oxidation sites excluding steroid dienone is 4. The number of hydrogen-bond acceptors (Lipinski definition) is 32. The molecule has 124 heavy (non-hydrogen) atoms. The number of carboxylic acid groups (broad SMARTS) is 5. The second kappa shape index (κ2) is 45.5. The number of amides is 6. The molecule has 672 valence electrons. The number of esters is 2. The van der Waals surface area contributed by atoms with E-state index in [4.69, 9.17) is 54.5 Å². The minimum Gasteiger partial charge on any atom is -0.481 e. The van der Waals surface area contributed by atoms with E-state index in [1.807, 2.05) is 63.4 Å². The number of carbonyl (C=O) groups excluding carboxylic acids is 9. The standard InChI is InChI=1S/C78H100N16O28S2/c1-36(24-44-34-117-40(5)85-44)10-8-11-38(3)63(115-7)39(4)53-31-56(78(6)55(122-78)19-13-37(2)52-25-41(27-61(102)118-52)26-54-64(119-54)74(113)120-53)121-77(114)116-22-23-123-124-35-51(73(111)112)92-70(107)50(30-60(100)101)91-69(106)49(29-59(98)99)90-67(104)46(12-9-21-82-75(79)80)88-68(105)48(28-58(96)97)87-57(95)20-18-47(72(109)110)89-66(103)42-14-16-43(17-15-42)83-32-45-33-84-65-62(86-45)71(108)94-76(81)93-65/h8,10-11,13-17,19,24,33-34,37,39,41,46-56,63-64,83H,9,12,18,20-23,25-32,35H2,1-7H3,(H,87,95)(H,88,105)(H,89,103)(H,90,104)(H,91,106)(H,92,107)(H,96,97)(H,98,99)(H,100,101)(H,109,110)(H,111,112)(H4,79,80,82)(H3,81,84,93,94,108)/b10-8+,19-13+,36-24+,38-11+/t37-,39+,41+,46+,47+,48?,49+,50+,51+,52-,53+,54+,55-,56+,63+,64-,78+/m1/s1. The van der Waals surface area contributed by atoms with Crippen LogP contribution >= 0.6 is 21.6 Å². The Kier molecular flexibility index (Phi) is 35.6. The van der Waals surface area contributed by atoms with E-state index in [0.29, 0.717) is 35.8 Å². The number of cyclic esters (lactones) is 1. The van der Waals surface area contributed by atoms with E-state index in [-0.39, 0.29) is 85.2 Å². The van der Waals surface area contributed by atoms with E-state index in [1.54, 1.807) is 19.9 Å². The number of carbonyl (C=O) groups is 14. The molecule has 3 saturated heterocycles. The highest BCUT2D eigenvalue weighted by molar-refractivity contribution is 8.76. The molecule has 6 amide bonds. The van der Waals surface area contributed by atoms with Crippen LogP contribution in [-0.4, -0.2) is 256 Å². The zero-order valence-electron chi connectivity index (χ0n) is 68.4. The fourth-order valence-corrected chi connectivity index (χ4v) is 15.5. The summed E-state index contributed by atoms with van der Waals surface area (Å²) in [5, 5.41) is 75.7. The van der Waals surface area contributed by atoms with Crippen molar-refractivity contribution in [1.82, 2.24) is 62.1 Å². The van der Waals surface area contributed by atoms with Crippen molar-refractivity contribution in [3.63, 3.8) is 0 Å². The molecule has 0 spiro atoms. The summed E-state index contributed by atoms with van der Waals surface area (Å²) >= 11 is 0. The molecule has 0 radical (unpaired) electrons. The summed E-state index contributed by atoms with van der Waals surface area (Å²) in [7, 11) is 3.30. The van der Waals surface area contributed by atoms with Crippen LogP contribution in [0.25, 0.3) is 17.2 Å². The smallest absolute Gasteiger partial charge is 0.481 e. The first-order chi connectivity index (χ1) is 58.7. The number of carboxylic acids is 5. The number of aliphatic carboxylic acids is 5. The number of aromatic amines is 1. The van der Waals surface area contributed by atoms with Gasteiger partial charge < -0.3 is 117 Å². The number of rotatable bonds is 43. The maximum Gasteiger partial charge on any atom is 0.508 e. The Balaban J connectivity index is 0.860. The molecule has 19 N–H and O–H groups in total. The molecule has 4 aromatic rings. The van der Waals surface area contributed by atoms with E-state index >= 15 is 0 Å². The van der Waals surface area contributed by atoms with Gasteiger partial charge in [-0.3, -0.25) is 63.1 Å². The monoisotopic (exact) mass is 1770 g/mol. The predicted molar refractivity (Wildman–Crippen MR) is 438 cm³/mol. The average Bonchev–Trinajstić information content (AvgIpc) is 1.59. The van der Waals surface area contributed by atoms with Gasteiger partial charge in [-0.2, -0.15) is 4.98 Å². The lowest BCUT2D eigenvalue weighted by Crippen LogP contribution is -2.59. The molecule has 7 heterocycles. The Morgan fingerprint density at radius 1 is 0.774 bits per heavy atom. The number of nitrogens with two attached hydrogens (primary N) is 2. The molecule has 46 heteroatoms. The summed E-state index contributed by atoms with van der Waals surface area (Å²) in [5.74, 6) is -18.9. The lowest BCUT2D eigenvalue weighted by atomic mass is 9.84. The average molecular weight is 1770 g/mol. The van der Waals surface area contributed by atoms with Crippen molar-refractivity contribution in [3.8, 4) is 0 Å². The van der Waals surface area contributed by atoms with E-state index in [1.165, 1.54) is 43.8 Å². The number of epoxide rings is 2. The van der Waals surface area contributed by atoms with Gasteiger partial charge in [-0.25, -0.2) is 34.1 Å². The number of guanidine groups is 1. The first-order valence-electron chi connectivity index (χ1n) is 39.1. The maximum atomic E-state index is 14.2. The summed E-state index contributed by atoms with van der Waals surface area (Å²) in [6.07, 6.45) is 2.41. The quantitative estimate of drug-likeness (QED) is 0.00345. The molecule has 1 aromatic carbocycles. The highest BCUT2D eigenvalue weighted by Crippen LogP contribution is 2.46. The van der Waals surface area contributed by atoms with Crippen molar-refractivity contribution in [2.24, 2.45) is 23.5 Å². The number of ether oxygens (including phenoxy) is 7. The second-order valence-corrected chi connectivity index (χ2v) is 32.5. The fraction of sp³-hybridized carbons (Fsp3) is 0.513. The first-order valence-corrected chi connectivity index (χ1v) is 41.6. The minimum absolute atomic E-state index is 0.0248. The number of methoxy groups -OCH3 is 1. The van der Waals surface area contributed by atoms with Gasteiger partial charge in [0, 0.05) is 74.4 Å². The van der Waals surface area contributed by atoms with Crippen LogP contribution < -0.4 is 59.6 Å². The summed E-state index contributed by atoms with van der Waals surface area (Å²) in [5.41, 5.74) is 12.1. The van der Waals surface area contributed by atoms with Gasteiger partial charge in [-0.15, -0.1) is 0 Å². The number of nitrogens with zero attached hydrogens (tertiary/aromatic N) is 4. The van der Waals surface area contributed by atoms with Crippen LogP contribution in [0, 0.1) is 30.1 Å². The summed E-state index contributed by atoms with van der Waals surface area (Å²) in [6.45, 7) is 10.4. The van der Waals surface area contributed by atoms with Gasteiger partial charge in [0.1, 0.15) is 84.8 Å². The molecule has 3 fully saturated rings. The zero-order chi connectivity index (χ0) is 90.8. The third-order valence-corrected chi connectivity index (χ3v) is 22.6. The Hall–Kier alpha value is -12.6. The highest BCUT2D eigenvalue weighted by atomic mass is 33.1. The van der Waals surface area contributed by atoms with Gasteiger partial charge in [0.05, 0.1) is 49.9 Å². The Morgan fingerprint density at radius 3 is 2.02 bits per heavy atom. The SMILES string of the molecule is CO[C@@H](/C(C)=C/C=C/C(C)=C/c1coc(C)n1)[C@@H](C)[C@@H]1C[C@H](OC(=O)OCCSSC[C@H](NC(=O)[C@H](CC(=O)O)NC(=O)[C@H](CC(=O)O)NC(=O)[C@H](CCCNC(=N)N)NC(=O)C(CC(=O)O)NC(=O)CC[C@H](NC(=O)c2ccc(NCc3cnc4nc(N)[nH]c(=O)c4n3)cc2)C(=O)O)C(=O)O)[C@@]2(C)O[C@@H]2/C=C/[C@@H](C)[C@H]2C[C@H](CC(=O)O2)C[C@@H]2O[C@H]2C(=O)O1. The third kappa shape index (κ3) is 29.9. The van der Waals surface area contributed by atoms with Gasteiger partial charge in [0.15, 0.2) is 29.1 Å². The number of nitrogens with one attached hydrogen (secondary N) is 10. The van der Waals surface area contributed by atoms with Gasteiger partial charge in [0.25, 0.3) is 11.5 Å². The third-order valence-electron chi connectivity index (χ3n) is 20.2. The molecule has 0 aliphatic carbocycles. The van der Waals surface area contributed by atoms with Crippen LogP contribution in [0.4, 0.5) is 16.4 Å². The normalized spacial score (nSPS) is 22.2. The van der Waals surface area contributed by atoms with Crippen LogP contribution in [0.3, 0.4) is 0 Å². The van der Waals surface area contributed by atoms with Gasteiger partial charge in [0.2, 0.25) is 35.5 Å². The summed E-state index contributed by atoms with van der Waals surface area (Å²) < 4.78 is 47.2. The van der Waals surface area contributed by atoms with E-state index in [0.717, 1.165) is 32.7 Å². The van der Waals surface area contributed by atoms with Crippen LogP contribution in [0.1, 0.15) is 133 Å². The van der Waals surface area contributed by atoms with Gasteiger partial charge in [-0.1, -0.05) is 65.8 Å². The molecule has 4 aliphatic rings. The molecule has 0 saturated carbocycles. The maximum absolute atomic E-state index is 14.2. The molecule has 2 bridgehead atoms. The van der Waals surface area contributed by atoms with Gasteiger partial charge in [-0.05, 0) is 100 Å². The van der Waals surface area contributed by atoms with E-state index in [9.17, 15) is 97.5 Å². The first kappa shape index (κ1) is 96.9. The molecule has 17 atom stereocenters. The number of H-pyrrole nitrogens is 1. The predicted octanol–water partition coefficient (Wildman–Crippen LogP) is 1.67. The number of fused-ring (bicyclic) bond motifs is 5. The Morgan fingerprint density at radius 2 is 1.40 bits per heavy atom. The highest BCUT2D eigenvalue weighted by Gasteiger charge is 2.60.